The van der Waals surface area contributed by atoms with Gasteiger partial charge in [0.1, 0.15) is 0 Å². The Hall–Kier alpha value is -0.490. The van der Waals surface area contributed by atoms with E-state index in [1.807, 2.05) is 6.92 Å². The predicted octanol–water partition coefficient (Wildman–Crippen LogP) is 3.45. The van der Waals surface area contributed by atoms with Crippen LogP contribution in [-0.4, -0.2) is 20.4 Å². The van der Waals surface area contributed by atoms with E-state index in [1.54, 1.807) is 0 Å². The number of carbonyl (C=O) groups excluding carboxylic acids is 1. The lowest BCUT2D eigenvalue weighted by Gasteiger charge is -2.14. The maximum atomic E-state index is 12.1. The molecule has 4 nitrogen and oxygen atoms in total. The highest BCUT2D eigenvalue weighted by Crippen LogP contribution is 2.34. The second kappa shape index (κ2) is 5.72. The zero-order chi connectivity index (χ0) is 15.1. The van der Waals surface area contributed by atoms with Gasteiger partial charge in [0, 0.05) is 16.7 Å². The largest absolute Gasteiger partial charge is 0.349 e. The molecule has 20 heavy (non-hydrogen) atoms. The normalized spacial score (nSPS) is 16.8. The van der Waals surface area contributed by atoms with E-state index in [1.165, 1.54) is 0 Å². The number of halogens is 3. The summed E-state index contributed by atoms with van der Waals surface area (Å²) in [5, 5.41) is 2.77. The fourth-order valence-electron chi connectivity index (χ4n) is 1.87. The quantitative estimate of drug-likeness (QED) is 0.840. The topological polar surface area (TPSA) is 63.2 Å². The first-order chi connectivity index (χ1) is 9.20. The van der Waals surface area contributed by atoms with E-state index >= 15 is 0 Å². The van der Waals surface area contributed by atoms with Crippen molar-refractivity contribution in [2.24, 2.45) is 5.92 Å². The molecule has 0 aliphatic heterocycles. The van der Waals surface area contributed by atoms with E-state index in [0.29, 0.717) is 5.92 Å². The van der Waals surface area contributed by atoms with Gasteiger partial charge in [0.25, 0.3) is 15.0 Å². The van der Waals surface area contributed by atoms with Crippen LogP contribution in [0, 0.1) is 5.92 Å². The van der Waals surface area contributed by atoms with Gasteiger partial charge < -0.3 is 5.32 Å². The van der Waals surface area contributed by atoms with Gasteiger partial charge in [0.2, 0.25) is 0 Å². The Bertz CT molecular complexity index is 656. The molecule has 1 saturated carbocycles. The molecule has 0 aromatic heterocycles. The average Bonchev–Trinajstić information content (AvgIpc) is 3.14. The number of benzene rings is 1. The van der Waals surface area contributed by atoms with Crippen molar-refractivity contribution in [2.45, 2.75) is 30.7 Å². The molecule has 0 heterocycles. The van der Waals surface area contributed by atoms with Gasteiger partial charge in [-0.2, -0.15) is 0 Å². The minimum absolute atomic E-state index is 0.00546. The highest BCUT2D eigenvalue weighted by Gasteiger charge is 2.30. The van der Waals surface area contributed by atoms with Crippen LogP contribution in [-0.2, 0) is 9.05 Å². The molecule has 1 unspecified atom stereocenters. The summed E-state index contributed by atoms with van der Waals surface area (Å²) in [7, 11) is 1.28. The fourth-order valence-corrected chi connectivity index (χ4v) is 3.13. The molecule has 1 aromatic carbocycles. The number of amides is 1. The average molecular weight is 357 g/mol. The minimum Gasteiger partial charge on any atom is -0.349 e. The van der Waals surface area contributed by atoms with Gasteiger partial charge in [-0.1, -0.05) is 23.2 Å². The molecule has 0 radical (unpaired) electrons. The molecule has 1 aromatic rings. The summed E-state index contributed by atoms with van der Waals surface area (Å²) in [6.45, 7) is 1.90. The molecule has 1 amide bonds. The van der Waals surface area contributed by atoms with Gasteiger partial charge in [0.15, 0.2) is 0 Å². The summed E-state index contributed by atoms with van der Waals surface area (Å²) in [5.74, 6) is 0.00612. The van der Waals surface area contributed by atoms with E-state index in [2.05, 4.69) is 5.32 Å². The van der Waals surface area contributed by atoms with Crippen molar-refractivity contribution in [3.63, 3.8) is 0 Å². The van der Waals surface area contributed by atoms with Gasteiger partial charge in [-0.3, -0.25) is 4.79 Å². The molecule has 0 bridgehead atoms. The highest BCUT2D eigenvalue weighted by molar-refractivity contribution is 8.13. The molecular weight excluding hydrogens is 345 g/mol. The monoisotopic (exact) mass is 355 g/mol. The molecule has 1 fully saturated rings. The second-order valence-electron chi connectivity index (χ2n) is 4.80. The van der Waals surface area contributed by atoms with Crippen molar-refractivity contribution >= 4 is 48.8 Å². The molecule has 1 aliphatic carbocycles. The predicted molar refractivity (Wildman–Crippen MR) is 79.2 cm³/mol. The maximum absolute atomic E-state index is 12.1. The number of hydrogen-bond donors (Lipinski definition) is 1. The van der Waals surface area contributed by atoms with Crippen molar-refractivity contribution in [3.05, 3.63) is 27.7 Å². The van der Waals surface area contributed by atoms with Crippen LogP contribution in [0.1, 0.15) is 30.1 Å². The van der Waals surface area contributed by atoms with Crippen molar-refractivity contribution < 1.29 is 13.2 Å². The third kappa shape index (κ3) is 3.58. The fraction of sp³-hybridized carbons (Fsp3) is 0.417. The van der Waals surface area contributed by atoms with Crippen molar-refractivity contribution in [2.75, 3.05) is 0 Å². The van der Waals surface area contributed by atoms with Crippen LogP contribution in [0.3, 0.4) is 0 Å². The number of nitrogens with one attached hydrogen (secondary N) is 1. The lowest BCUT2D eigenvalue weighted by molar-refractivity contribution is 0.0936. The van der Waals surface area contributed by atoms with Gasteiger partial charge in [0.05, 0.1) is 20.5 Å². The van der Waals surface area contributed by atoms with Crippen LogP contribution in [0.5, 0.6) is 0 Å². The molecule has 1 aliphatic rings. The lowest BCUT2D eigenvalue weighted by atomic mass is 10.1. The third-order valence-electron chi connectivity index (χ3n) is 3.22. The van der Waals surface area contributed by atoms with Gasteiger partial charge >= 0.3 is 0 Å². The summed E-state index contributed by atoms with van der Waals surface area (Å²) in [6, 6.07) is 2.26. The standard InChI is InChI=1S/C12H12Cl3NO3S/c1-6(7-2-3-7)16-12(17)9-4-8(20(15,18)19)5-10(13)11(9)14/h4-7H,2-3H2,1H3,(H,16,17). The first-order valence-corrected chi connectivity index (χ1v) is 9.01. The van der Waals surface area contributed by atoms with Gasteiger partial charge in [-0.05, 0) is 37.8 Å². The number of carbonyl (C=O) groups is 1. The van der Waals surface area contributed by atoms with Gasteiger partial charge in [-0.25, -0.2) is 8.42 Å². The van der Waals surface area contributed by atoms with Crippen LogP contribution in [0.2, 0.25) is 10.0 Å². The summed E-state index contributed by atoms with van der Waals surface area (Å²) in [4.78, 5) is 11.9. The summed E-state index contributed by atoms with van der Waals surface area (Å²) < 4.78 is 22.7. The van der Waals surface area contributed by atoms with Crippen LogP contribution < -0.4 is 5.32 Å². The number of rotatable bonds is 4. The Morgan fingerprint density at radius 3 is 2.45 bits per heavy atom. The summed E-state index contributed by atoms with van der Waals surface area (Å²) in [5.41, 5.74) is 0.00546. The molecule has 8 heteroatoms. The first-order valence-electron chi connectivity index (χ1n) is 5.94. The van der Waals surface area contributed by atoms with E-state index in [9.17, 15) is 13.2 Å². The van der Waals surface area contributed by atoms with Crippen molar-refractivity contribution in [3.8, 4) is 0 Å². The van der Waals surface area contributed by atoms with E-state index in [0.717, 1.165) is 25.0 Å². The van der Waals surface area contributed by atoms with Crippen LogP contribution in [0.25, 0.3) is 0 Å². The third-order valence-corrected chi connectivity index (χ3v) is 5.35. The minimum atomic E-state index is -3.98. The van der Waals surface area contributed by atoms with Crippen LogP contribution in [0.15, 0.2) is 17.0 Å². The molecule has 1 N–H and O–H groups in total. The SMILES string of the molecule is CC(NC(=O)c1cc(S(=O)(=O)Cl)cc(Cl)c1Cl)C1CC1. The zero-order valence-corrected chi connectivity index (χ0v) is 13.6. The van der Waals surface area contributed by atoms with Gasteiger partial charge in [-0.15, -0.1) is 0 Å². The molecule has 0 spiro atoms. The van der Waals surface area contributed by atoms with Crippen LogP contribution in [0.4, 0.5) is 0 Å². The van der Waals surface area contributed by atoms with Crippen LogP contribution >= 0.6 is 33.9 Å². The summed E-state index contributed by atoms with van der Waals surface area (Å²) >= 11 is 11.8. The van der Waals surface area contributed by atoms with Crippen molar-refractivity contribution in [1.29, 1.82) is 0 Å². The smallest absolute Gasteiger partial charge is 0.261 e. The Balaban J connectivity index is 2.34. The summed E-state index contributed by atoms with van der Waals surface area (Å²) in [6.07, 6.45) is 2.15. The molecule has 1 atom stereocenters. The zero-order valence-electron chi connectivity index (χ0n) is 10.5. The molecule has 110 valence electrons. The first kappa shape index (κ1) is 15.9. The Morgan fingerprint density at radius 2 is 1.95 bits per heavy atom. The highest BCUT2D eigenvalue weighted by atomic mass is 35.7. The Kier molecular flexibility index (Phi) is 4.54. The number of hydrogen-bond acceptors (Lipinski definition) is 3. The maximum Gasteiger partial charge on any atom is 0.261 e. The Morgan fingerprint density at radius 1 is 1.35 bits per heavy atom. The Labute approximate surface area is 131 Å². The van der Waals surface area contributed by atoms with Crippen molar-refractivity contribution in [1.82, 2.24) is 5.32 Å². The molecule has 0 saturated heterocycles. The molecular formula is C12H12Cl3NO3S. The van der Waals surface area contributed by atoms with E-state index < -0.39 is 15.0 Å². The molecule has 2 rings (SSSR count). The second-order valence-corrected chi connectivity index (χ2v) is 8.16. The van der Waals surface area contributed by atoms with E-state index in [4.69, 9.17) is 33.9 Å². The van der Waals surface area contributed by atoms with E-state index in [-0.39, 0.29) is 26.5 Å². The lowest BCUT2D eigenvalue weighted by Crippen LogP contribution is -2.34.